The zero-order chi connectivity index (χ0) is 14.5. The molecule has 20 heavy (non-hydrogen) atoms. The van der Waals surface area contributed by atoms with Gasteiger partial charge in [-0.05, 0) is 40.2 Å². The Bertz CT molecular complexity index is 590. The summed E-state index contributed by atoms with van der Waals surface area (Å²) < 4.78 is 19.1. The Morgan fingerprint density at radius 1 is 1.30 bits per heavy atom. The molecule has 0 atom stereocenters. The average molecular weight is 339 g/mol. The van der Waals surface area contributed by atoms with E-state index in [0.717, 1.165) is 5.69 Å². The molecule has 1 aromatic heterocycles. The van der Waals surface area contributed by atoms with E-state index >= 15 is 0 Å². The lowest BCUT2D eigenvalue weighted by atomic mass is 10.3. The van der Waals surface area contributed by atoms with E-state index in [1.165, 1.54) is 6.07 Å². The number of rotatable bonds is 5. The molecule has 0 amide bonds. The number of hydrogen-bond donors (Lipinski definition) is 1. The maximum atomic E-state index is 13.2. The van der Waals surface area contributed by atoms with Crippen molar-refractivity contribution >= 4 is 15.9 Å². The first-order valence-electron chi connectivity index (χ1n) is 6.37. The minimum Gasteiger partial charge on any atom is -0.439 e. The van der Waals surface area contributed by atoms with Crippen molar-refractivity contribution in [2.75, 3.05) is 0 Å². The summed E-state index contributed by atoms with van der Waals surface area (Å²) >= 11 is 3.13. The number of benzene rings is 1. The highest BCUT2D eigenvalue weighted by molar-refractivity contribution is 9.10. The third-order valence-corrected chi connectivity index (χ3v) is 3.19. The zero-order valence-corrected chi connectivity index (χ0v) is 12.9. The van der Waals surface area contributed by atoms with Crippen molar-refractivity contribution in [1.29, 1.82) is 0 Å². The molecule has 1 heterocycles. The van der Waals surface area contributed by atoms with Gasteiger partial charge in [-0.15, -0.1) is 0 Å². The van der Waals surface area contributed by atoms with Crippen molar-refractivity contribution in [3.63, 3.8) is 0 Å². The van der Waals surface area contributed by atoms with Crippen molar-refractivity contribution in [2.24, 2.45) is 0 Å². The second kappa shape index (κ2) is 6.81. The summed E-state index contributed by atoms with van der Waals surface area (Å²) in [6.07, 6.45) is 0. The third kappa shape index (κ3) is 4.28. The molecular formula is C15H16BrFN2O. The van der Waals surface area contributed by atoms with Gasteiger partial charge in [0.2, 0.25) is 5.88 Å². The molecule has 0 unspecified atom stereocenters. The maximum Gasteiger partial charge on any atom is 0.219 e. The molecule has 0 aliphatic carbocycles. The minimum atomic E-state index is -0.319. The lowest BCUT2D eigenvalue weighted by molar-refractivity contribution is 0.456. The van der Waals surface area contributed by atoms with Gasteiger partial charge in [0.25, 0.3) is 0 Å². The molecule has 106 valence electrons. The number of halogens is 2. The fraction of sp³-hybridized carbons (Fsp3) is 0.267. The Morgan fingerprint density at radius 2 is 2.10 bits per heavy atom. The summed E-state index contributed by atoms with van der Waals surface area (Å²) in [4.78, 5) is 4.40. The van der Waals surface area contributed by atoms with Crippen LogP contribution >= 0.6 is 15.9 Å². The minimum absolute atomic E-state index is 0.319. The molecule has 0 fully saturated rings. The van der Waals surface area contributed by atoms with Crippen LogP contribution in [0, 0.1) is 5.82 Å². The normalized spacial score (nSPS) is 10.8. The summed E-state index contributed by atoms with van der Waals surface area (Å²) in [5.74, 6) is 0.714. The van der Waals surface area contributed by atoms with Crippen LogP contribution in [-0.4, -0.2) is 11.0 Å². The van der Waals surface area contributed by atoms with E-state index < -0.39 is 0 Å². The van der Waals surface area contributed by atoms with Gasteiger partial charge in [0.05, 0.1) is 10.2 Å². The van der Waals surface area contributed by atoms with E-state index in [4.69, 9.17) is 4.74 Å². The van der Waals surface area contributed by atoms with Gasteiger partial charge in [-0.3, -0.25) is 0 Å². The maximum absolute atomic E-state index is 13.2. The SMILES string of the molecule is CC(C)NCc1cccc(Oc2ccc(F)c(Br)c2)n1. The van der Waals surface area contributed by atoms with E-state index in [1.54, 1.807) is 18.2 Å². The van der Waals surface area contributed by atoms with Crippen LogP contribution in [0.25, 0.3) is 0 Å². The Balaban J connectivity index is 2.08. The molecule has 0 saturated carbocycles. The predicted molar refractivity (Wildman–Crippen MR) is 80.4 cm³/mol. The molecule has 0 aliphatic rings. The number of ether oxygens (including phenoxy) is 1. The van der Waals surface area contributed by atoms with E-state index in [-0.39, 0.29) is 5.82 Å². The van der Waals surface area contributed by atoms with Crippen LogP contribution in [0.2, 0.25) is 0 Å². The van der Waals surface area contributed by atoms with E-state index in [9.17, 15) is 4.39 Å². The van der Waals surface area contributed by atoms with Gasteiger partial charge in [-0.25, -0.2) is 9.37 Å². The molecular weight excluding hydrogens is 323 g/mol. The fourth-order valence-corrected chi connectivity index (χ4v) is 1.94. The zero-order valence-electron chi connectivity index (χ0n) is 11.4. The number of pyridine rings is 1. The highest BCUT2D eigenvalue weighted by Gasteiger charge is 2.04. The van der Waals surface area contributed by atoms with Crippen molar-refractivity contribution in [1.82, 2.24) is 10.3 Å². The lowest BCUT2D eigenvalue weighted by Gasteiger charge is -2.09. The van der Waals surface area contributed by atoms with Crippen LogP contribution in [-0.2, 0) is 6.54 Å². The third-order valence-electron chi connectivity index (χ3n) is 2.59. The fourth-order valence-electron chi connectivity index (χ4n) is 1.58. The lowest BCUT2D eigenvalue weighted by Crippen LogP contribution is -2.22. The molecule has 1 N–H and O–H groups in total. The second-order valence-corrected chi connectivity index (χ2v) is 5.54. The van der Waals surface area contributed by atoms with Crippen molar-refractivity contribution in [3.05, 3.63) is 52.4 Å². The summed E-state index contributed by atoms with van der Waals surface area (Å²) in [6, 6.07) is 10.5. The number of aromatic nitrogens is 1. The molecule has 5 heteroatoms. The summed E-state index contributed by atoms with van der Waals surface area (Å²) in [5.41, 5.74) is 0.900. The first-order valence-corrected chi connectivity index (χ1v) is 7.16. The van der Waals surface area contributed by atoms with Gasteiger partial charge >= 0.3 is 0 Å². The van der Waals surface area contributed by atoms with Crippen molar-refractivity contribution in [3.8, 4) is 11.6 Å². The summed E-state index contributed by atoms with van der Waals surface area (Å²) in [7, 11) is 0. The first-order chi connectivity index (χ1) is 9.54. The predicted octanol–water partition coefficient (Wildman–Crippen LogP) is 4.27. The number of hydrogen-bond acceptors (Lipinski definition) is 3. The highest BCUT2D eigenvalue weighted by Crippen LogP contribution is 2.25. The quantitative estimate of drug-likeness (QED) is 0.883. The highest BCUT2D eigenvalue weighted by atomic mass is 79.9. The summed E-state index contributed by atoms with van der Waals surface area (Å²) in [5, 5.41) is 3.29. The molecule has 0 radical (unpaired) electrons. The van der Waals surface area contributed by atoms with Crippen LogP contribution in [0.4, 0.5) is 4.39 Å². The molecule has 0 spiro atoms. The Hall–Kier alpha value is -1.46. The standard InChI is InChI=1S/C15H16BrFN2O/c1-10(2)18-9-11-4-3-5-15(19-11)20-12-6-7-14(17)13(16)8-12/h3-8,10,18H,9H2,1-2H3. The van der Waals surface area contributed by atoms with E-state index in [2.05, 4.69) is 40.1 Å². The average Bonchev–Trinajstić information content (AvgIpc) is 2.41. The van der Waals surface area contributed by atoms with Gasteiger partial charge < -0.3 is 10.1 Å². The Labute approximate surface area is 126 Å². The topological polar surface area (TPSA) is 34.1 Å². The largest absolute Gasteiger partial charge is 0.439 e. The van der Waals surface area contributed by atoms with E-state index in [1.807, 2.05) is 12.1 Å². The number of nitrogens with zero attached hydrogens (tertiary/aromatic N) is 1. The van der Waals surface area contributed by atoms with Crippen LogP contribution < -0.4 is 10.1 Å². The molecule has 2 rings (SSSR count). The van der Waals surface area contributed by atoms with Crippen LogP contribution in [0.1, 0.15) is 19.5 Å². The van der Waals surface area contributed by atoms with E-state index in [0.29, 0.717) is 28.7 Å². The van der Waals surface area contributed by atoms with Gasteiger partial charge in [0, 0.05) is 18.7 Å². The molecule has 0 bridgehead atoms. The molecule has 2 aromatic rings. The number of nitrogens with one attached hydrogen (secondary N) is 1. The summed E-state index contributed by atoms with van der Waals surface area (Å²) in [6.45, 7) is 4.84. The first kappa shape index (κ1) is 14.9. The monoisotopic (exact) mass is 338 g/mol. The van der Waals surface area contributed by atoms with Gasteiger partial charge in [0.15, 0.2) is 0 Å². The Kier molecular flexibility index (Phi) is 5.09. The van der Waals surface area contributed by atoms with Gasteiger partial charge in [-0.2, -0.15) is 0 Å². The van der Waals surface area contributed by atoms with Gasteiger partial charge in [0.1, 0.15) is 11.6 Å². The Morgan fingerprint density at radius 3 is 2.80 bits per heavy atom. The van der Waals surface area contributed by atoms with Crippen LogP contribution in [0.5, 0.6) is 11.6 Å². The van der Waals surface area contributed by atoms with Crippen molar-refractivity contribution < 1.29 is 9.13 Å². The smallest absolute Gasteiger partial charge is 0.219 e. The molecule has 0 saturated heterocycles. The van der Waals surface area contributed by atoms with Crippen molar-refractivity contribution in [2.45, 2.75) is 26.4 Å². The van der Waals surface area contributed by atoms with Gasteiger partial charge in [-0.1, -0.05) is 19.9 Å². The van der Waals surface area contributed by atoms with Crippen LogP contribution in [0.15, 0.2) is 40.9 Å². The second-order valence-electron chi connectivity index (χ2n) is 4.68. The molecule has 0 aliphatic heterocycles. The molecule has 1 aromatic carbocycles. The molecule has 3 nitrogen and oxygen atoms in total. The van der Waals surface area contributed by atoms with Crippen LogP contribution in [0.3, 0.4) is 0 Å².